The average molecular weight is 379 g/mol. The van der Waals surface area contributed by atoms with E-state index in [0.29, 0.717) is 11.1 Å². The summed E-state index contributed by atoms with van der Waals surface area (Å²) >= 11 is 0. The van der Waals surface area contributed by atoms with Gasteiger partial charge >= 0.3 is 5.97 Å². The number of nitrogens with zero attached hydrogens (tertiary/aromatic N) is 1. The van der Waals surface area contributed by atoms with Crippen LogP contribution in [0.3, 0.4) is 0 Å². The number of carbonyl (C=O) groups excluding carboxylic acids is 2. The Balaban J connectivity index is 2.08. The van der Waals surface area contributed by atoms with Crippen LogP contribution in [0.4, 0.5) is 0 Å². The number of aliphatic hydroxyl groups is 1. The molecule has 6 nitrogen and oxygen atoms in total. The maximum absolute atomic E-state index is 12.8. The highest BCUT2D eigenvalue weighted by atomic mass is 16.4. The van der Waals surface area contributed by atoms with Crippen LogP contribution in [0.25, 0.3) is 5.76 Å². The highest BCUT2D eigenvalue weighted by Gasteiger charge is 2.45. The first-order valence-corrected chi connectivity index (χ1v) is 9.02. The molecule has 144 valence electrons. The summed E-state index contributed by atoms with van der Waals surface area (Å²) in [6.07, 6.45) is 0.110. The lowest BCUT2D eigenvalue weighted by Gasteiger charge is -2.25. The number of hydrogen-bond acceptors (Lipinski definition) is 4. The first-order chi connectivity index (χ1) is 13.4. The van der Waals surface area contributed by atoms with Crippen molar-refractivity contribution in [2.45, 2.75) is 25.8 Å². The molecule has 2 N–H and O–H groups in total. The van der Waals surface area contributed by atoms with Crippen molar-refractivity contribution in [3.63, 3.8) is 0 Å². The highest BCUT2D eigenvalue weighted by molar-refractivity contribution is 6.46. The summed E-state index contributed by atoms with van der Waals surface area (Å²) in [4.78, 5) is 37.6. The van der Waals surface area contributed by atoms with E-state index in [1.807, 2.05) is 31.2 Å². The smallest absolute Gasteiger partial charge is 0.303 e. The van der Waals surface area contributed by atoms with E-state index in [1.54, 1.807) is 30.3 Å². The molecular weight excluding hydrogens is 358 g/mol. The minimum absolute atomic E-state index is 0.0235. The molecule has 1 aliphatic rings. The Hall–Kier alpha value is -3.41. The van der Waals surface area contributed by atoms with Crippen molar-refractivity contribution in [3.8, 4) is 0 Å². The molecule has 3 rings (SSSR count). The normalized spacial score (nSPS) is 18.5. The number of hydrogen-bond donors (Lipinski definition) is 2. The van der Waals surface area contributed by atoms with Crippen LogP contribution in [-0.2, 0) is 14.4 Å². The van der Waals surface area contributed by atoms with E-state index >= 15 is 0 Å². The summed E-state index contributed by atoms with van der Waals surface area (Å²) < 4.78 is 0. The van der Waals surface area contributed by atoms with Crippen molar-refractivity contribution in [1.29, 1.82) is 0 Å². The molecule has 1 unspecified atom stereocenters. The third-order valence-electron chi connectivity index (χ3n) is 4.77. The molecule has 0 spiro atoms. The molecule has 1 amide bonds. The van der Waals surface area contributed by atoms with Crippen LogP contribution < -0.4 is 0 Å². The number of aliphatic carboxylic acids is 1. The number of aliphatic hydroxyl groups excluding tert-OH is 1. The minimum Gasteiger partial charge on any atom is -0.507 e. The lowest BCUT2D eigenvalue weighted by atomic mass is 9.94. The molecule has 1 aliphatic heterocycles. The Labute approximate surface area is 162 Å². The van der Waals surface area contributed by atoms with E-state index in [-0.39, 0.29) is 30.7 Å². The molecule has 1 fully saturated rings. The van der Waals surface area contributed by atoms with Gasteiger partial charge in [0.25, 0.3) is 11.7 Å². The number of likely N-dealkylation sites (tertiary alicyclic amines) is 1. The van der Waals surface area contributed by atoms with Gasteiger partial charge in [0.2, 0.25) is 0 Å². The molecule has 28 heavy (non-hydrogen) atoms. The van der Waals surface area contributed by atoms with E-state index in [9.17, 15) is 19.5 Å². The Morgan fingerprint density at radius 1 is 1.00 bits per heavy atom. The number of benzene rings is 2. The summed E-state index contributed by atoms with van der Waals surface area (Å²) in [5.41, 5.74) is 2.19. The summed E-state index contributed by atoms with van der Waals surface area (Å²) in [5.74, 6) is -2.69. The van der Waals surface area contributed by atoms with Crippen LogP contribution in [0, 0.1) is 6.92 Å². The number of amides is 1. The number of Topliss-reactive ketones (excluding diaryl/α,β-unsaturated/α-hetero) is 1. The number of aryl methyl sites for hydroxylation is 1. The molecule has 2 aromatic rings. The van der Waals surface area contributed by atoms with E-state index < -0.39 is 23.7 Å². The molecule has 6 heteroatoms. The summed E-state index contributed by atoms with van der Waals surface area (Å²) in [6.45, 7) is 2.04. The Morgan fingerprint density at radius 3 is 2.25 bits per heavy atom. The number of rotatable bonds is 6. The van der Waals surface area contributed by atoms with Gasteiger partial charge in [-0.25, -0.2) is 0 Å². The first kappa shape index (κ1) is 19.4. The minimum atomic E-state index is -0.965. The fourth-order valence-electron chi connectivity index (χ4n) is 3.36. The van der Waals surface area contributed by atoms with Gasteiger partial charge in [-0.2, -0.15) is 0 Å². The second-order valence-electron chi connectivity index (χ2n) is 6.77. The van der Waals surface area contributed by atoms with Gasteiger partial charge < -0.3 is 15.1 Å². The third-order valence-corrected chi connectivity index (χ3v) is 4.77. The molecule has 1 saturated heterocycles. The van der Waals surface area contributed by atoms with Crippen molar-refractivity contribution < 1.29 is 24.6 Å². The van der Waals surface area contributed by atoms with Crippen LogP contribution in [0.15, 0.2) is 60.2 Å². The van der Waals surface area contributed by atoms with Gasteiger partial charge in [0.05, 0.1) is 11.6 Å². The van der Waals surface area contributed by atoms with Crippen molar-refractivity contribution in [1.82, 2.24) is 4.90 Å². The van der Waals surface area contributed by atoms with E-state index in [4.69, 9.17) is 5.11 Å². The fraction of sp³-hybridized carbons (Fsp3) is 0.227. The molecule has 0 bridgehead atoms. The highest BCUT2D eigenvalue weighted by Crippen LogP contribution is 2.39. The Kier molecular flexibility index (Phi) is 5.59. The van der Waals surface area contributed by atoms with Crippen LogP contribution in [0.1, 0.15) is 35.6 Å². The molecule has 0 radical (unpaired) electrons. The molecule has 0 aromatic heterocycles. The van der Waals surface area contributed by atoms with Gasteiger partial charge in [-0.3, -0.25) is 14.4 Å². The van der Waals surface area contributed by atoms with Gasteiger partial charge in [0, 0.05) is 18.5 Å². The van der Waals surface area contributed by atoms with E-state index in [0.717, 1.165) is 5.56 Å². The largest absolute Gasteiger partial charge is 0.507 e. The van der Waals surface area contributed by atoms with Gasteiger partial charge in [0.15, 0.2) is 0 Å². The molecule has 2 aromatic carbocycles. The second kappa shape index (κ2) is 8.08. The van der Waals surface area contributed by atoms with Crippen LogP contribution >= 0.6 is 0 Å². The zero-order valence-corrected chi connectivity index (χ0v) is 15.5. The van der Waals surface area contributed by atoms with E-state index in [2.05, 4.69) is 0 Å². The average Bonchev–Trinajstić information content (AvgIpc) is 2.93. The predicted octanol–water partition coefficient (Wildman–Crippen LogP) is 3.28. The van der Waals surface area contributed by atoms with Crippen molar-refractivity contribution in [2.24, 2.45) is 0 Å². The van der Waals surface area contributed by atoms with Crippen molar-refractivity contribution >= 4 is 23.4 Å². The quantitative estimate of drug-likeness (QED) is 0.456. The number of ketones is 1. The van der Waals surface area contributed by atoms with E-state index in [1.165, 1.54) is 4.90 Å². The topological polar surface area (TPSA) is 94.9 Å². The van der Waals surface area contributed by atoms with Gasteiger partial charge in [-0.05, 0) is 18.9 Å². The molecule has 0 aliphatic carbocycles. The lowest BCUT2D eigenvalue weighted by Crippen LogP contribution is -2.31. The van der Waals surface area contributed by atoms with Crippen molar-refractivity contribution in [2.75, 3.05) is 6.54 Å². The Bertz CT molecular complexity index is 931. The van der Waals surface area contributed by atoms with Gasteiger partial charge in [0.1, 0.15) is 5.76 Å². The summed E-state index contributed by atoms with van der Waals surface area (Å²) in [7, 11) is 0. The fourth-order valence-corrected chi connectivity index (χ4v) is 3.36. The van der Waals surface area contributed by atoms with Gasteiger partial charge in [-0.1, -0.05) is 60.2 Å². The van der Waals surface area contributed by atoms with Crippen LogP contribution in [-0.4, -0.2) is 39.3 Å². The Morgan fingerprint density at radius 2 is 1.64 bits per heavy atom. The van der Waals surface area contributed by atoms with Crippen LogP contribution in [0.5, 0.6) is 0 Å². The zero-order chi connectivity index (χ0) is 20.3. The predicted molar refractivity (Wildman–Crippen MR) is 104 cm³/mol. The maximum atomic E-state index is 12.8. The number of carboxylic acids is 1. The molecule has 0 saturated carbocycles. The summed E-state index contributed by atoms with van der Waals surface area (Å²) in [5, 5.41) is 19.7. The molecule has 1 atom stereocenters. The monoisotopic (exact) mass is 379 g/mol. The SMILES string of the molecule is Cc1ccc(C2C(=C(O)c3ccccc3)C(=O)C(=O)N2CCCC(=O)O)cc1. The second-order valence-corrected chi connectivity index (χ2v) is 6.77. The summed E-state index contributed by atoms with van der Waals surface area (Å²) in [6, 6.07) is 15.2. The number of carbonyl (C=O) groups is 3. The van der Waals surface area contributed by atoms with Crippen LogP contribution in [0.2, 0.25) is 0 Å². The molecule has 1 heterocycles. The van der Waals surface area contributed by atoms with Crippen molar-refractivity contribution in [3.05, 3.63) is 76.9 Å². The number of carboxylic acid groups (broad SMARTS) is 1. The third kappa shape index (κ3) is 3.81. The lowest BCUT2D eigenvalue weighted by molar-refractivity contribution is -0.140. The standard InChI is InChI=1S/C22H21NO5/c1-14-9-11-15(12-10-14)19-18(20(26)16-6-3-2-4-7-16)21(27)22(28)23(19)13-5-8-17(24)25/h2-4,6-7,9-12,19,26H,5,8,13H2,1H3,(H,24,25). The maximum Gasteiger partial charge on any atom is 0.303 e. The zero-order valence-electron chi connectivity index (χ0n) is 15.5. The first-order valence-electron chi connectivity index (χ1n) is 9.02. The molecular formula is C22H21NO5. The van der Waals surface area contributed by atoms with Gasteiger partial charge in [-0.15, -0.1) is 0 Å².